The van der Waals surface area contributed by atoms with Gasteiger partial charge in [-0.2, -0.15) is 0 Å². The molecule has 3 rings (SSSR count). The van der Waals surface area contributed by atoms with Gasteiger partial charge in [-0.3, -0.25) is 0 Å². The molecule has 2 aromatic rings. The zero-order chi connectivity index (χ0) is 14.8. The van der Waals surface area contributed by atoms with E-state index in [2.05, 4.69) is 21.2 Å². The largest absolute Gasteiger partial charge is 0.456 e. The zero-order valence-electron chi connectivity index (χ0n) is 11.2. The quantitative estimate of drug-likeness (QED) is 0.722. The molecule has 0 heterocycles. The number of benzene rings is 2. The van der Waals surface area contributed by atoms with E-state index in [4.69, 9.17) is 16.3 Å². The number of hydrogen-bond acceptors (Lipinski definition) is 2. The Bertz CT molecular complexity index is 661. The van der Waals surface area contributed by atoms with E-state index in [1.54, 1.807) is 0 Å². The molecule has 0 spiro atoms. The molecule has 0 saturated heterocycles. The van der Waals surface area contributed by atoms with E-state index < -0.39 is 5.82 Å². The molecule has 1 saturated carbocycles. The number of halogens is 3. The van der Waals surface area contributed by atoms with Crippen molar-refractivity contribution in [3.8, 4) is 11.5 Å². The van der Waals surface area contributed by atoms with Gasteiger partial charge in [0, 0.05) is 24.2 Å². The van der Waals surface area contributed by atoms with Crippen LogP contribution in [0.15, 0.2) is 40.9 Å². The molecular formula is C16H14BrClFNO. The maximum atomic E-state index is 13.6. The average Bonchev–Trinajstić information content (AvgIpc) is 3.28. The highest BCUT2D eigenvalue weighted by atomic mass is 79.9. The highest BCUT2D eigenvalue weighted by Gasteiger charge is 2.20. The zero-order valence-corrected chi connectivity index (χ0v) is 13.5. The number of hydrogen-bond donors (Lipinski definition) is 1. The highest BCUT2D eigenvalue weighted by Crippen LogP contribution is 2.35. The second kappa shape index (κ2) is 6.34. The molecule has 0 aliphatic heterocycles. The Morgan fingerprint density at radius 2 is 2.00 bits per heavy atom. The van der Waals surface area contributed by atoms with Crippen molar-refractivity contribution in [2.45, 2.75) is 25.4 Å². The van der Waals surface area contributed by atoms with Gasteiger partial charge in [0.25, 0.3) is 0 Å². The number of para-hydroxylation sites is 1. The summed E-state index contributed by atoms with van der Waals surface area (Å²) in [6.07, 6.45) is 2.47. The van der Waals surface area contributed by atoms with E-state index in [0.29, 0.717) is 22.0 Å². The number of nitrogens with one attached hydrogen (secondary N) is 1. The molecule has 2 aromatic carbocycles. The fourth-order valence-corrected chi connectivity index (χ4v) is 2.71. The summed E-state index contributed by atoms with van der Waals surface area (Å²) in [7, 11) is 0. The minimum Gasteiger partial charge on any atom is -0.456 e. The van der Waals surface area contributed by atoms with Crippen LogP contribution in [0.1, 0.15) is 18.4 Å². The molecule has 110 valence electrons. The Hall–Kier alpha value is -1.10. The molecule has 5 heteroatoms. The second-order valence-electron chi connectivity index (χ2n) is 5.06. The molecule has 0 radical (unpaired) electrons. The van der Waals surface area contributed by atoms with Crippen molar-refractivity contribution in [2.75, 3.05) is 0 Å². The molecule has 1 aliphatic rings. The van der Waals surface area contributed by atoms with E-state index in [1.807, 2.05) is 24.3 Å². The lowest BCUT2D eigenvalue weighted by Gasteiger charge is -2.13. The maximum Gasteiger partial charge on any atom is 0.145 e. The Labute approximate surface area is 136 Å². The van der Waals surface area contributed by atoms with E-state index in [9.17, 15) is 4.39 Å². The first-order valence-corrected chi connectivity index (χ1v) is 7.94. The molecule has 1 aliphatic carbocycles. The van der Waals surface area contributed by atoms with Crippen LogP contribution < -0.4 is 10.1 Å². The van der Waals surface area contributed by atoms with Crippen LogP contribution in [-0.4, -0.2) is 6.04 Å². The van der Waals surface area contributed by atoms with Gasteiger partial charge in [-0.25, -0.2) is 4.39 Å². The summed E-state index contributed by atoms with van der Waals surface area (Å²) in [5.41, 5.74) is 1.05. The standard InChI is InChI=1S/C16H14BrClFNO/c17-12-7-13(18)14(19)8-16(12)21-15-4-2-1-3-10(15)9-20-11-5-6-11/h1-4,7-8,11,20H,5-6,9H2. The van der Waals surface area contributed by atoms with Crippen molar-refractivity contribution in [1.29, 1.82) is 0 Å². The molecule has 2 nitrogen and oxygen atoms in total. The monoisotopic (exact) mass is 369 g/mol. The van der Waals surface area contributed by atoms with E-state index in [0.717, 1.165) is 12.1 Å². The van der Waals surface area contributed by atoms with E-state index in [1.165, 1.54) is 25.0 Å². The molecule has 0 bridgehead atoms. The second-order valence-corrected chi connectivity index (χ2v) is 6.32. The van der Waals surface area contributed by atoms with Crippen LogP contribution in [0, 0.1) is 5.82 Å². The van der Waals surface area contributed by atoms with Gasteiger partial charge >= 0.3 is 0 Å². The summed E-state index contributed by atoms with van der Waals surface area (Å²) >= 11 is 9.08. The maximum absolute atomic E-state index is 13.6. The van der Waals surface area contributed by atoms with Crippen molar-refractivity contribution in [2.24, 2.45) is 0 Å². The Kier molecular flexibility index (Phi) is 4.48. The SMILES string of the molecule is Fc1cc(Oc2ccccc2CNC2CC2)c(Br)cc1Cl. The van der Waals surface area contributed by atoms with Crippen molar-refractivity contribution in [1.82, 2.24) is 5.32 Å². The van der Waals surface area contributed by atoms with Gasteiger partial charge in [-0.1, -0.05) is 29.8 Å². The molecule has 0 atom stereocenters. The minimum absolute atomic E-state index is 0.0675. The Morgan fingerprint density at radius 1 is 1.24 bits per heavy atom. The third kappa shape index (κ3) is 3.76. The summed E-state index contributed by atoms with van der Waals surface area (Å²) in [5.74, 6) is 0.632. The fraction of sp³-hybridized carbons (Fsp3) is 0.250. The smallest absolute Gasteiger partial charge is 0.145 e. The molecule has 1 fully saturated rings. The van der Waals surface area contributed by atoms with Gasteiger partial charge < -0.3 is 10.1 Å². The number of rotatable bonds is 5. The van der Waals surface area contributed by atoms with Crippen LogP contribution >= 0.6 is 27.5 Å². The lowest BCUT2D eigenvalue weighted by molar-refractivity contribution is 0.464. The summed E-state index contributed by atoms with van der Waals surface area (Å²) in [4.78, 5) is 0. The lowest BCUT2D eigenvalue weighted by atomic mass is 10.2. The van der Waals surface area contributed by atoms with Gasteiger partial charge in [0.05, 0.1) is 9.50 Å². The van der Waals surface area contributed by atoms with Crippen LogP contribution in [-0.2, 0) is 6.54 Å². The molecule has 0 unspecified atom stereocenters. The van der Waals surface area contributed by atoms with Crippen LogP contribution in [0.25, 0.3) is 0 Å². The van der Waals surface area contributed by atoms with Gasteiger partial charge in [-0.05, 0) is 40.9 Å². The van der Waals surface area contributed by atoms with Crippen molar-refractivity contribution >= 4 is 27.5 Å². The average molecular weight is 371 g/mol. The van der Waals surface area contributed by atoms with Crippen LogP contribution in [0.5, 0.6) is 11.5 Å². The Balaban J connectivity index is 1.82. The van der Waals surface area contributed by atoms with Gasteiger partial charge in [0.15, 0.2) is 0 Å². The third-order valence-electron chi connectivity index (χ3n) is 3.33. The van der Waals surface area contributed by atoms with Crippen LogP contribution in [0.3, 0.4) is 0 Å². The van der Waals surface area contributed by atoms with Crippen molar-refractivity contribution in [3.63, 3.8) is 0 Å². The molecule has 1 N–H and O–H groups in total. The Morgan fingerprint density at radius 3 is 2.76 bits per heavy atom. The van der Waals surface area contributed by atoms with Gasteiger partial charge in [0.2, 0.25) is 0 Å². The molecular weight excluding hydrogens is 357 g/mol. The van der Waals surface area contributed by atoms with Crippen molar-refractivity contribution in [3.05, 3.63) is 57.3 Å². The first kappa shape index (κ1) is 14.8. The summed E-state index contributed by atoms with van der Waals surface area (Å²) in [6, 6.07) is 11.2. The topological polar surface area (TPSA) is 21.3 Å². The van der Waals surface area contributed by atoms with Crippen molar-refractivity contribution < 1.29 is 9.13 Å². The van der Waals surface area contributed by atoms with E-state index >= 15 is 0 Å². The summed E-state index contributed by atoms with van der Waals surface area (Å²) in [5, 5.41) is 3.51. The van der Waals surface area contributed by atoms with Gasteiger partial charge in [-0.15, -0.1) is 0 Å². The van der Waals surface area contributed by atoms with Crippen LogP contribution in [0.2, 0.25) is 5.02 Å². The first-order chi connectivity index (χ1) is 10.1. The third-order valence-corrected chi connectivity index (χ3v) is 4.24. The summed E-state index contributed by atoms with van der Waals surface area (Å²) in [6.45, 7) is 0.745. The van der Waals surface area contributed by atoms with Crippen LogP contribution in [0.4, 0.5) is 4.39 Å². The predicted molar refractivity (Wildman–Crippen MR) is 85.5 cm³/mol. The molecule has 0 amide bonds. The predicted octanol–water partition coefficient (Wildman–Crippen LogP) is 5.29. The molecule has 0 aromatic heterocycles. The summed E-state index contributed by atoms with van der Waals surface area (Å²) < 4.78 is 20.0. The minimum atomic E-state index is -0.497. The van der Waals surface area contributed by atoms with E-state index in [-0.39, 0.29) is 5.02 Å². The fourth-order valence-electron chi connectivity index (χ4n) is 1.99. The number of ether oxygens (including phenoxy) is 1. The van der Waals surface area contributed by atoms with Gasteiger partial charge in [0.1, 0.15) is 17.3 Å². The molecule has 21 heavy (non-hydrogen) atoms. The lowest BCUT2D eigenvalue weighted by Crippen LogP contribution is -2.15. The normalized spacial score (nSPS) is 14.2. The first-order valence-electron chi connectivity index (χ1n) is 6.77. The highest BCUT2D eigenvalue weighted by molar-refractivity contribution is 9.10.